The number of hydrogen-bond acceptors (Lipinski definition) is 2. The third kappa shape index (κ3) is 3.94. The molecule has 5 heteroatoms. The number of carbonyl (C=O) groups is 1. The fourth-order valence-corrected chi connectivity index (χ4v) is 3.14. The van der Waals surface area contributed by atoms with Crippen molar-refractivity contribution in [2.75, 3.05) is 0 Å². The highest BCUT2D eigenvalue weighted by Crippen LogP contribution is 2.29. The van der Waals surface area contributed by atoms with Gasteiger partial charge in [0, 0.05) is 15.5 Å². The van der Waals surface area contributed by atoms with Crippen molar-refractivity contribution in [3.05, 3.63) is 33.3 Å². The molecule has 1 aliphatic carbocycles. The van der Waals surface area contributed by atoms with Gasteiger partial charge in [-0.05, 0) is 36.6 Å². The average molecular weight is 347 g/mol. The van der Waals surface area contributed by atoms with Crippen LogP contribution >= 0.6 is 27.5 Å². The number of aliphatic carboxylic acids is 1. The summed E-state index contributed by atoms with van der Waals surface area (Å²) in [7, 11) is 0. The summed E-state index contributed by atoms with van der Waals surface area (Å²) < 4.78 is 0.837. The van der Waals surface area contributed by atoms with Gasteiger partial charge in [0.2, 0.25) is 0 Å². The van der Waals surface area contributed by atoms with Gasteiger partial charge in [0.05, 0.1) is 0 Å². The summed E-state index contributed by atoms with van der Waals surface area (Å²) in [4.78, 5) is 11.5. The molecule has 0 aromatic heterocycles. The fourth-order valence-electron chi connectivity index (χ4n) is 2.53. The molecule has 1 aromatic carbocycles. The summed E-state index contributed by atoms with van der Waals surface area (Å²) in [5.74, 6) is -0.884. The molecule has 1 fully saturated rings. The molecule has 0 aliphatic heterocycles. The third-order valence-electron chi connectivity index (χ3n) is 3.52. The summed E-state index contributed by atoms with van der Waals surface area (Å²) >= 11 is 9.49. The van der Waals surface area contributed by atoms with Gasteiger partial charge in [-0.15, -0.1) is 0 Å². The van der Waals surface area contributed by atoms with E-state index in [4.69, 9.17) is 11.6 Å². The maximum absolute atomic E-state index is 11.5. The molecule has 0 radical (unpaired) electrons. The van der Waals surface area contributed by atoms with E-state index in [-0.39, 0.29) is 6.04 Å². The van der Waals surface area contributed by atoms with Gasteiger partial charge in [-0.2, -0.15) is 0 Å². The standard InChI is InChI=1S/C14H17BrClNO2/c15-9-6-7-12(16)11(8-9)13(14(18)19)17-10-4-2-1-3-5-10/h6-8,10,13,17H,1-5H2,(H,18,19). The summed E-state index contributed by atoms with van der Waals surface area (Å²) in [5.41, 5.74) is 0.620. The van der Waals surface area contributed by atoms with Crippen LogP contribution in [0.25, 0.3) is 0 Å². The van der Waals surface area contributed by atoms with Gasteiger partial charge < -0.3 is 5.11 Å². The van der Waals surface area contributed by atoms with E-state index in [2.05, 4.69) is 21.2 Å². The van der Waals surface area contributed by atoms with Crippen LogP contribution in [0.15, 0.2) is 22.7 Å². The van der Waals surface area contributed by atoms with Crippen molar-refractivity contribution in [3.63, 3.8) is 0 Å². The Balaban J connectivity index is 2.19. The molecule has 0 heterocycles. The zero-order valence-corrected chi connectivity index (χ0v) is 12.9. The van der Waals surface area contributed by atoms with Crippen molar-refractivity contribution in [3.8, 4) is 0 Å². The lowest BCUT2D eigenvalue weighted by Gasteiger charge is -2.27. The van der Waals surface area contributed by atoms with Crippen molar-refractivity contribution < 1.29 is 9.90 Å². The summed E-state index contributed by atoms with van der Waals surface area (Å²) in [6.07, 6.45) is 5.64. The molecule has 1 unspecified atom stereocenters. The Morgan fingerprint density at radius 1 is 1.37 bits per heavy atom. The van der Waals surface area contributed by atoms with Gasteiger partial charge in [-0.3, -0.25) is 10.1 Å². The molecule has 1 aromatic rings. The number of nitrogens with one attached hydrogen (secondary N) is 1. The maximum atomic E-state index is 11.5. The minimum atomic E-state index is -0.884. The topological polar surface area (TPSA) is 49.3 Å². The van der Waals surface area contributed by atoms with Gasteiger partial charge in [-0.25, -0.2) is 0 Å². The summed E-state index contributed by atoms with van der Waals surface area (Å²) in [5, 5.41) is 13.2. The monoisotopic (exact) mass is 345 g/mol. The molecule has 104 valence electrons. The molecule has 1 aliphatic rings. The zero-order valence-electron chi connectivity index (χ0n) is 10.5. The van der Waals surface area contributed by atoms with Crippen molar-refractivity contribution in [1.82, 2.24) is 5.32 Å². The second-order valence-corrected chi connectivity index (χ2v) is 6.26. The first-order valence-electron chi connectivity index (χ1n) is 6.51. The number of benzene rings is 1. The Labute approximate surface area is 126 Å². The van der Waals surface area contributed by atoms with Crippen LogP contribution in [0.1, 0.15) is 43.7 Å². The molecule has 0 saturated heterocycles. The molecule has 0 spiro atoms. The average Bonchev–Trinajstić information content (AvgIpc) is 2.40. The SMILES string of the molecule is O=C(O)C(NC1CCCCC1)c1cc(Br)ccc1Cl. The van der Waals surface area contributed by atoms with E-state index in [0.717, 1.165) is 30.2 Å². The van der Waals surface area contributed by atoms with Crippen LogP contribution in [-0.4, -0.2) is 17.1 Å². The van der Waals surface area contributed by atoms with Crippen LogP contribution in [0.4, 0.5) is 0 Å². The van der Waals surface area contributed by atoms with Crippen molar-refractivity contribution in [2.45, 2.75) is 44.2 Å². The first kappa shape index (κ1) is 14.8. The second kappa shape index (κ2) is 6.73. The second-order valence-electron chi connectivity index (χ2n) is 4.94. The molecule has 2 N–H and O–H groups in total. The van der Waals surface area contributed by atoms with Gasteiger partial charge in [0.25, 0.3) is 0 Å². The molecule has 0 amide bonds. The summed E-state index contributed by atoms with van der Waals surface area (Å²) in [6.45, 7) is 0. The molecule has 0 bridgehead atoms. The Hall–Kier alpha value is -0.580. The van der Waals surface area contributed by atoms with E-state index in [1.54, 1.807) is 12.1 Å². The highest BCUT2D eigenvalue weighted by molar-refractivity contribution is 9.10. The van der Waals surface area contributed by atoms with Crippen LogP contribution in [-0.2, 0) is 4.79 Å². The van der Waals surface area contributed by atoms with Crippen LogP contribution in [0.5, 0.6) is 0 Å². The van der Waals surface area contributed by atoms with Gasteiger partial charge in [0.1, 0.15) is 6.04 Å². The molecule has 1 atom stereocenters. The first-order valence-corrected chi connectivity index (χ1v) is 7.69. The van der Waals surface area contributed by atoms with Crippen LogP contribution in [0, 0.1) is 0 Å². The van der Waals surface area contributed by atoms with E-state index >= 15 is 0 Å². The predicted octanol–water partition coefficient (Wildman–Crippen LogP) is 4.15. The zero-order chi connectivity index (χ0) is 13.8. The molecule has 2 rings (SSSR count). The Morgan fingerprint density at radius 2 is 2.05 bits per heavy atom. The van der Waals surface area contributed by atoms with Gasteiger partial charge >= 0.3 is 5.97 Å². The number of rotatable bonds is 4. The third-order valence-corrected chi connectivity index (χ3v) is 4.36. The van der Waals surface area contributed by atoms with E-state index in [9.17, 15) is 9.90 Å². The van der Waals surface area contributed by atoms with Gasteiger partial charge in [0.15, 0.2) is 0 Å². The normalized spacial score (nSPS) is 18.2. The molecule has 19 heavy (non-hydrogen) atoms. The van der Waals surface area contributed by atoms with Crippen molar-refractivity contribution in [2.24, 2.45) is 0 Å². The first-order chi connectivity index (χ1) is 9.08. The van der Waals surface area contributed by atoms with E-state index in [1.807, 2.05) is 6.07 Å². The van der Waals surface area contributed by atoms with Crippen LogP contribution < -0.4 is 5.32 Å². The summed E-state index contributed by atoms with van der Waals surface area (Å²) in [6, 6.07) is 4.83. The van der Waals surface area contributed by atoms with Crippen LogP contribution in [0.2, 0.25) is 5.02 Å². The van der Waals surface area contributed by atoms with E-state index < -0.39 is 12.0 Å². The number of carboxylic acids is 1. The molecule has 3 nitrogen and oxygen atoms in total. The molecule has 1 saturated carbocycles. The lowest BCUT2D eigenvalue weighted by atomic mass is 9.94. The van der Waals surface area contributed by atoms with E-state index in [1.165, 1.54) is 6.42 Å². The number of hydrogen-bond donors (Lipinski definition) is 2. The van der Waals surface area contributed by atoms with Crippen molar-refractivity contribution >= 4 is 33.5 Å². The number of halogens is 2. The van der Waals surface area contributed by atoms with Crippen LogP contribution in [0.3, 0.4) is 0 Å². The lowest BCUT2D eigenvalue weighted by molar-refractivity contribution is -0.140. The highest BCUT2D eigenvalue weighted by atomic mass is 79.9. The largest absolute Gasteiger partial charge is 0.480 e. The molecular weight excluding hydrogens is 330 g/mol. The maximum Gasteiger partial charge on any atom is 0.325 e. The van der Waals surface area contributed by atoms with E-state index in [0.29, 0.717) is 10.6 Å². The smallest absolute Gasteiger partial charge is 0.325 e. The number of carboxylic acid groups (broad SMARTS) is 1. The Morgan fingerprint density at radius 3 is 2.68 bits per heavy atom. The van der Waals surface area contributed by atoms with Crippen molar-refractivity contribution in [1.29, 1.82) is 0 Å². The van der Waals surface area contributed by atoms with Gasteiger partial charge in [-0.1, -0.05) is 46.8 Å². The predicted molar refractivity (Wildman–Crippen MR) is 79.5 cm³/mol. The molecular formula is C14H17BrClNO2. The minimum absolute atomic E-state index is 0.268. The Bertz CT molecular complexity index is 461. The quantitative estimate of drug-likeness (QED) is 0.861. The fraction of sp³-hybridized carbons (Fsp3) is 0.500. The highest BCUT2D eigenvalue weighted by Gasteiger charge is 2.26. The Kier molecular flexibility index (Phi) is 5.25. The minimum Gasteiger partial charge on any atom is -0.480 e. The lowest BCUT2D eigenvalue weighted by Crippen LogP contribution is -2.38.